The van der Waals surface area contributed by atoms with E-state index in [1.165, 1.54) is 30.4 Å². The first kappa shape index (κ1) is 11.0. The molecule has 2 rings (SSSR count). The van der Waals surface area contributed by atoms with E-state index < -0.39 is 0 Å². The van der Waals surface area contributed by atoms with Crippen LogP contribution < -0.4 is 5.32 Å². The Kier molecular flexibility index (Phi) is 3.66. The van der Waals surface area contributed by atoms with E-state index in [1.54, 1.807) is 0 Å². The average molecular weight is 224 g/mol. The molecule has 1 saturated carbocycles. The van der Waals surface area contributed by atoms with Gasteiger partial charge in [0.05, 0.1) is 0 Å². The standard InChI is InChI=1S/C13H18ClN/c1-2-7-15-9-11-8-12(14)5-6-13(11)10-3-4-10/h5-6,8,10,15H,2-4,7,9H2,1H3. The zero-order valence-electron chi connectivity index (χ0n) is 9.22. The van der Waals surface area contributed by atoms with Crippen molar-refractivity contribution in [3.63, 3.8) is 0 Å². The molecule has 1 aromatic carbocycles. The average Bonchev–Trinajstić information content (AvgIpc) is 3.02. The van der Waals surface area contributed by atoms with E-state index in [0.717, 1.165) is 24.0 Å². The fraction of sp³-hybridized carbons (Fsp3) is 0.538. The molecule has 1 aromatic rings. The van der Waals surface area contributed by atoms with Crippen molar-refractivity contribution in [1.82, 2.24) is 5.32 Å². The minimum atomic E-state index is 0.806. The second kappa shape index (κ2) is 5.00. The molecule has 2 heteroatoms. The van der Waals surface area contributed by atoms with E-state index in [2.05, 4.69) is 24.4 Å². The first-order valence-electron chi connectivity index (χ1n) is 5.80. The summed E-state index contributed by atoms with van der Waals surface area (Å²) >= 11 is 6.03. The molecule has 0 unspecified atom stereocenters. The van der Waals surface area contributed by atoms with E-state index in [-0.39, 0.29) is 0 Å². The number of rotatable bonds is 5. The van der Waals surface area contributed by atoms with Crippen LogP contribution in [0.4, 0.5) is 0 Å². The number of halogens is 1. The van der Waals surface area contributed by atoms with Crippen molar-refractivity contribution in [2.24, 2.45) is 0 Å². The molecular formula is C13H18ClN. The van der Waals surface area contributed by atoms with Crippen LogP contribution in [-0.2, 0) is 6.54 Å². The molecule has 82 valence electrons. The number of nitrogens with one attached hydrogen (secondary N) is 1. The third-order valence-corrected chi connectivity index (χ3v) is 3.10. The molecule has 0 bridgehead atoms. The lowest BCUT2D eigenvalue weighted by Gasteiger charge is -2.10. The van der Waals surface area contributed by atoms with E-state index in [9.17, 15) is 0 Å². The molecule has 0 atom stereocenters. The van der Waals surface area contributed by atoms with Crippen molar-refractivity contribution in [3.05, 3.63) is 34.3 Å². The second-order valence-corrected chi connectivity index (χ2v) is 4.73. The highest BCUT2D eigenvalue weighted by molar-refractivity contribution is 6.30. The molecule has 15 heavy (non-hydrogen) atoms. The zero-order chi connectivity index (χ0) is 10.7. The second-order valence-electron chi connectivity index (χ2n) is 4.29. The third-order valence-electron chi connectivity index (χ3n) is 2.86. The number of hydrogen-bond donors (Lipinski definition) is 1. The normalized spacial score (nSPS) is 15.6. The lowest BCUT2D eigenvalue weighted by molar-refractivity contribution is 0.671. The minimum absolute atomic E-state index is 0.806. The molecule has 0 radical (unpaired) electrons. The smallest absolute Gasteiger partial charge is 0.0409 e. The molecule has 0 aliphatic heterocycles. The predicted octanol–water partition coefficient (Wildman–Crippen LogP) is 3.72. The van der Waals surface area contributed by atoms with Gasteiger partial charge in [-0.05, 0) is 55.0 Å². The van der Waals surface area contributed by atoms with Crippen molar-refractivity contribution in [1.29, 1.82) is 0 Å². The molecule has 1 aliphatic rings. The van der Waals surface area contributed by atoms with Crippen LogP contribution >= 0.6 is 11.6 Å². The maximum atomic E-state index is 6.03. The van der Waals surface area contributed by atoms with Gasteiger partial charge in [-0.25, -0.2) is 0 Å². The molecule has 0 heterocycles. The van der Waals surface area contributed by atoms with Crippen molar-refractivity contribution < 1.29 is 0 Å². The van der Waals surface area contributed by atoms with Gasteiger partial charge in [-0.15, -0.1) is 0 Å². The number of benzene rings is 1. The van der Waals surface area contributed by atoms with E-state index in [1.807, 2.05) is 6.07 Å². The lowest BCUT2D eigenvalue weighted by Crippen LogP contribution is -2.14. The van der Waals surface area contributed by atoms with Crippen LogP contribution in [0.5, 0.6) is 0 Å². The summed E-state index contributed by atoms with van der Waals surface area (Å²) in [5, 5.41) is 4.30. The molecule has 1 N–H and O–H groups in total. The minimum Gasteiger partial charge on any atom is -0.313 e. The van der Waals surface area contributed by atoms with Gasteiger partial charge in [0.2, 0.25) is 0 Å². The Morgan fingerprint density at radius 2 is 2.20 bits per heavy atom. The van der Waals surface area contributed by atoms with Crippen LogP contribution in [-0.4, -0.2) is 6.54 Å². The molecular weight excluding hydrogens is 206 g/mol. The molecule has 0 saturated heterocycles. The summed E-state index contributed by atoms with van der Waals surface area (Å²) in [4.78, 5) is 0. The van der Waals surface area contributed by atoms with Gasteiger partial charge in [0.15, 0.2) is 0 Å². The topological polar surface area (TPSA) is 12.0 Å². The van der Waals surface area contributed by atoms with Gasteiger partial charge < -0.3 is 5.32 Å². The lowest BCUT2D eigenvalue weighted by atomic mass is 10.0. The first-order valence-corrected chi connectivity index (χ1v) is 6.18. The van der Waals surface area contributed by atoms with Crippen LogP contribution in [0.1, 0.15) is 43.2 Å². The van der Waals surface area contributed by atoms with Gasteiger partial charge in [-0.3, -0.25) is 0 Å². The van der Waals surface area contributed by atoms with Crippen LogP contribution in [0.3, 0.4) is 0 Å². The van der Waals surface area contributed by atoms with E-state index in [0.29, 0.717) is 0 Å². The maximum absolute atomic E-state index is 6.03. The van der Waals surface area contributed by atoms with Gasteiger partial charge >= 0.3 is 0 Å². The summed E-state index contributed by atoms with van der Waals surface area (Å²) in [5.74, 6) is 0.806. The summed E-state index contributed by atoms with van der Waals surface area (Å²) in [6.07, 6.45) is 3.88. The molecule has 1 aliphatic carbocycles. The SMILES string of the molecule is CCCNCc1cc(Cl)ccc1C1CC1. The summed E-state index contributed by atoms with van der Waals surface area (Å²) in [7, 11) is 0. The summed E-state index contributed by atoms with van der Waals surface area (Å²) in [5.41, 5.74) is 2.89. The van der Waals surface area contributed by atoms with Gasteiger partial charge in [-0.2, -0.15) is 0 Å². The summed E-state index contributed by atoms with van der Waals surface area (Å²) < 4.78 is 0. The van der Waals surface area contributed by atoms with Gasteiger partial charge in [0, 0.05) is 11.6 Å². The van der Waals surface area contributed by atoms with Crippen molar-refractivity contribution in [2.45, 2.75) is 38.6 Å². The van der Waals surface area contributed by atoms with E-state index >= 15 is 0 Å². The highest BCUT2D eigenvalue weighted by Crippen LogP contribution is 2.42. The van der Waals surface area contributed by atoms with E-state index in [4.69, 9.17) is 11.6 Å². The van der Waals surface area contributed by atoms with Crippen LogP contribution in [0.25, 0.3) is 0 Å². The monoisotopic (exact) mass is 223 g/mol. The van der Waals surface area contributed by atoms with Crippen molar-refractivity contribution >= 4 is 11.6 Å². The molecule has 1 fully saturated rings. The Hall–Kier alpha value is -0.530. The Morgan fingerprint density at radius 1 is 1.40 bits per heavy atom. The Morgan fingerprint density at radius 3 is 2.87 bits per heavy atom. The zero-order valence-corrected chi connectivity index (χ0v) is 9.98. The third kappa shape index (κ3) is 2.96. The summed E-state index contributed by atoms with van der Waals surface area (Å²) in [6, 6.07) is 6.32. The summed E-state index contributed by atoms with van der Waals surface area (Å²) in [6.45, 7) is 4.23. The highest BCUT2D eigenvalue weighted by Gasteiger charge is 2.25. The fourth-order valence-corrected chi connectivity index (χ4v) is 2.11. The first-order chi connectivity index (χ1) is 7.31. The molecule has 0 spiro atoms. The Balaban J connectivity index is 2.08. The number of hydrogen-bond acceptors (Lipinski definition) is 1. The van der Waals surface area contributed by atoms with Crippen LogP contribution in [0, 0.1) is 0 Å². The van der Waals surface area contributed by atoms with Crippen molar-refractivity contribution in [3.8, 4) is 0 Å². The fourth-order valence-electron chi connectivity index (χ4n) is 1.92. The van der Waals surface area contributed by atoms with Gasteiger partial charge in [0.1, 0.15) is 0 Å². The molecule has 0 amide bonds. The van der Waals surface area contributed by atoms with Gasteiger partial charge in [0.25, 0.3) is 0 Å². The van der Waals surface area contributed by atoms with Crippen LogP contribution in [0.15, 0.2) is 18.2 Å². The quantitative estimate of drug-likeness (QED) is 0.751. The van der Waals surface area contributed by atoms with Crippen molar-refractivity contribution in [2.75, 3.05) is 6.54 Å². The van der Waals surface area contributed by atoms with Gasteiger partial charge in [-0.1, -0.05) is 24.6 Å². The predicted molar refractivity (Wildman–Crippen MR) is 65.4 cm³/mol. The molecule has 1 nitrogen and oxygen atoms in total. The molecule has 0 aromatic heterocycles. The van der Waals surface area contributed by atoms with Crippen LogP contribution in [0.2, 0.25) is 5.02 Å². The Bertz CT molecular complexity index is 331. The maximum Gasteiger partial charge on any atom is 0.0409 e. The highest BCUT2D eigenvalue weighted by atomic mass is 35.5. The largest absolute Gasteiger partial charge is 0.313 e. The Labute approximate surface area is 96.8 Å².